The van der Waals surface area contributed by atoms with Crippen molar-refractivity contribution in [2.45, 2.75) is 48.3 Å². The Morgan fingerprint density at radius 3 is 1.20 bits per heavy atom. The van der Waals surface area contributed by atoms with Crippen molar-refractivity contribution in [3.8, 4) is 0 Å². The number of Topliss-reactive ketones (excluding diaryl/α,β-unsaturated/α-hetero) is 1. The third-order valence-corrected chi connectivity index (χ3v) is 10.6. The average Bonchev–Trinajstić information content (AvgIpc) is 2.99. The molecule has 0 spiro atoms. The number of sulfonamides is 2. The molecule has 2 fully saturated rings. The van der Waals surface area contributed by atoms with Crippen LogP contribution in [0.25, 0.3) is 0 Å². The second-order valence-electron chi connectivity index (χ2n) is 9.67. The maximum absolute atomic E-state index is 12.7. The first-order valence-corrected chi connectivity index (χ1v) is 16.0. The van der Waals surface area contributed by atoms with Crippen molar-refractivity contribution >= 4 is 37.8 Å². The highest BCUT2D eigenvalue weighted by molar-refractivity contribution is 7.89. The molecule has 0 amide bonds. The van der Waals surface area contributed by atoms with Gasteiger partial charge in [0, 0.05) is 26.2 Å². The third-order valence-electron chi connectivity index (χ3n) is 6.81. The molecular formula is C27H32N2O9S2. The summed E-state index contributed by atoms with van der Waals surface area (Å²) in [5.74, 6) is -2.32. The minimum absolute atomic E-state index is 0.0713. The van der Waals surface area contributed by atoms with Gasteiger partial charge in [-0.1, -0.05) is 12.8 Å². The molecule has 40 heavy (non-hydrogen) atoms. The second-order valence-corrected chi connectivity index (χ2v) is 13.5. The van der Waals surface area contributed by atoms with Gasteiger partial charge in [-0.05, 0) is 74.2 Å². The molecule has 0 atom stereocenters. The molecule has 4 rings (SSSR count). The van der Waals surface area contributed by atoms with E-state index in [2.05, 4.69) is 0 Å². The first kappa shape index (κ1) is 29.8. The molecule has 0 aliphatic carbocycles. The molecular weight excluding hydrogens is 560 g/mol. The Bertz CT molecular complexity index is 1320. The van der Waals surface area contributed by atoms with E-state index in [0.29, 0.717) is 26.2 Å². The Morgan fingerprint density at radius 1 is 0.550 bits per heavy atom. The Morgan fingerprint density at radius 2 is 0.875 bits per heavy atom. The van der Waals surface area contributed by atoms with Crippen LogP contribution in [-0.2, 0) is 34.3 Å². The van der Waals surface area contributed by atoms with E-state index in [-0.39, 0.29) is 20.9 Å². The van der Waals surface area contributed by atoms with Crippen LogP contribution in [0.5, 0.6) is 0 Å². The maximum atomic E-state index is 12.7. The van der Waals surface area contributed by atoms with E-state index in [9.17, 15) is 31.2 Å². The Balaban J connectivity index is 1.24. The number of ketones is 1. The fourth-order valence-corrected chi connectivity index (χ4v) is 7.57. The second kappa shape index (κ2) is 13.0. The van der Waals surface area contributed by atoms with Gasteiger partial charge >= 0.3 is 11.9 Å². The third kappa shape index (κ3) is 7.14. The van der Waals surface area contributed by atoms with Gasteiger partial charge in [0.25, 0.3) is 0 Å². The number of ether oxygens (including phenoxy) is 2. The van der Waals surface area contributed by atoms with Crippen molar-refractivity contribution in [1.29, 1.82) is 0 Å². The first-order chi connectivity index (χ1) is 19.1. The van der Waals surface area contributed by atoms with Gasteiger partial charge in [-0.15, -0.1) is 0 Å². The van der Waals surface area contributed by atoms with Crippen molar-refractivity contribution in [3.05, 3.63) is 59.7 Å². The summed E-state index contributed by atoms with van der Waals surface area (Å²) >= 11 is 0. The topological polar surface area (TPSA) is 144 Å². The lowest BCUT2D eigenvalue weighted by molar-refractivity contribution is -0.125. The zero-order valence-electron chi connectivity index (χ0n) is 22.0. The van der Waals surface area contributed by atoms with Crippen molar-refractivity contribution in [2.75, 3.05) is 39.4 Å². The normalized spacial score (nSPS) is 17.2. The maximum Gasteiger partial charge on any atom is 0.338 e. The van der Waals surface area contributed by atoms with Gasteiger partial charge in [-0.3, -0.25) is 4.79 Å². The SMILES string of the molecule is O=C(COC(=O)c1ccc(S(=O)(=O)N2CCCCC2)cc1)COC(=O)c1ccc(S(=O)(=O)N2CCCCC2)cc1. The van der Waals surface area contributed by atoms with Crippen molar-refractivity contribution in [3.63, 3.8) is 0 Å². The van der Waals surface area contributed by atoms with E-state index in [1.807, 2.05) is 0 Å². The van der Waals surface area contributed by atoms with E-state index >= 15 is 0 Å². The van der Waals surface area contributed by atoms with Crippen LogP contribution in [0, 0.1) is 0 Å². The molecule has 2 saturated heterocycles. The predicted molar refractivity (Wildman–Crippen MR) is 144 cm³/mol. The van der Waals surface area contributed by atoms with Crippen LogP contribution < -0.4 is 0 Å². The molecule has 2 aromatic rings. The monoisotopic (exact) mass is 592 g/mol. The van der Waals surface area contributed by atoms with Gasteiger partial charge in [0.1, 0.15) is 0 Å². The van der Waals surface area contributed by atoms with Crippen LogP contribution in [0.4, 0.5) is 0 Å². The van der Waals surface area contributed by atoms with E-state index in [1.54, 1.807) is 0 Å². The summed E-state index contributed by atoms with van der Waals surface area (Å²) in [6, 6.07) is 10.6. The highest BCUT2D eigenvalue weighted by Gasteiger charge is 2.27. The summed E-state index contributed by atoms with van der Waals surface area (Å²) in [7, 11) is -7.27. The van der Waals surface area contributed by atoms with Gasteiger partial charge in [0.05, 0.1) is 20.9 Å². The molecule has 0 unspecified atom stereocenters. The summed E-state index contributed by atoms with van der Waals surface area (Å²) < 4.78 is 63.7. The lowest BCUT2D eigenvalue weighted by atomic mass is 10.2. The Kier molecular flexibility index (Phi) is 9.72. The van der Waals surface area contributed by atoms with Crippen molar-refractivity contribution in [1.82, 2.24) is 8.61 Å². The summed E-state index contributed by atoms with van der Waals surface area (Å²) in [6.07, 6.45) is 5.22. The number of carbonyl (C=O) groups is 3. The van der Waals surface area contributed by atoms with Crippen LogP contribution in [0.1, 0.15) is 59.2 Å². The molecule has 2 aromatic carbocycles. The zero-order chi connectivity index (χ0) is 28.8. The molecule has 216 valence electrons. The van der Waals surface area contributed by atoms with Crippen LogP contribution in [0.15, 0.2) is 58.3 Å². The minimum Gasteiger partial charge on any atom is -0.454 e. The Labute approximate surface area is 234 Å². The molecule has 0 N–H and O–H groups in total. The van der Waals surface area contributed by atoms with Crippen LogP contribution >= 0.6 is 0 Å². The Hall–Kier alpha value is -3.13. The minimum atomic E-state index is -3.64. The smallest absolute Gasteiger partial charge is 0.338 e. The summed E-state index contributed by atoms with van der Waals surface area (Å²) in [6.45, 7) is 0.561. The highest BCUT2D eigenvalue weighted by atomic mass is 32.2. The lowest BCUT2D eigenvalue weighted by Crippen LogP contribution is -2.35. The average molecular weight is 593 g/mol. The molecule has 2 aliphatic heterocycles. The van der Waals surface area contributed by atoms with Gasteiger partial charge in [-0.25, -0.2) is 26.4 Å². The van der Waals surface area contributed by atoms with Crippen molar-refractivity contribution in [2.24, 2.45) is 0 Å². The van der Waals surface area contributed by atoms with E-state index in [4.69, 9.17) is 9.47 Å². The van der Waals surface area contributed by atoms with Crippen LogP contribution in [0.3, 0.4) is 0 Å². The van der Waals surface area contributed by atoms with Gasteiger partial charge in [-0.2, -0.15) is 8.61 Å². The lowest BCUT2D eigenvalue weighted by Gasteiger charge is -2.25. The molecule has 2 aliphatic rings. The summed E-state index contributed by atoms with van der Waals surface area (Å²) in [5, 5.41) is 0. The quantitative estimate of drug-likeness (QED) is 0.380. The number of benzene rings is 2. The van der Waals surface area contributed by atoms with Crippen LogP contribution in [-0.4, -0.2) is 82.6 Å². The van der Waals surface area contributed by atoms with Gasteiger partial charge in [0.15, 0.2) is 13.2 Å². The van der Waals surface area contributed by atoms with E-state index < -0.39 is 51.0 Å². The molecule has 0 saturated carbocycles. The fraction of sp³-hybridized carbons (Fsp3) is 0.444. The number of rotatable bonds is 10. The number of esters is 2. The first-order valence-electron chi connectivity index (χ1n) is 13.2. The number of nitrogens with zero attached hydrogens (tertiary/aromatic N) is 2. The van der Waals surface area contributed by atoms with E-state index in [0.717, 1.165) is 38.5 Å². The molecule has 0 bridgehead atoms. The molecule has 11 nitrogen and oxygen atoms in total. The fourth-order valence-electron chi connectivity index (χ4n) is 4.54. The van der Waals surface area contributed by atoms with Crippen LogP contribution in [0.2, 0.25) is 0 Å². The largest absolute Gasteiger partial charge is 0.454 e. The standard InChI is InChI=1S/C27H32N2O9S2/c30-23(19-37-26(31)21-7-11-24(12-8-21)39(33,34)28-15-3-1-4-16-28)20-38-27(32)22-9-13-25(14-10-22)40(35,36)29-17-5-2-6-18-29/h7-14H,1-6,15-20H2. The van der Waals surface area contributed by atoms with Gasteiger partial charge in [0.2, 0.25) is 25.8 Å². The number of piperidine rings is 2. The zero-order valence-corrected chi connectivity index (χ0v) is 23.6. The highest BCUT2D eigenvalue weighted by Crippen LogP contribution is 2.22. The molecule has 2 heterocycles. The predicted octanol–water partition coefficient (Wildman–Crippen LogP) is 2.62. The van der Waals surface area contributed by atoms with Crippen molar-refractivity contribution < 1.29 is 40.7 Å². The number of hydrogen-bond acceptors (Lipinski definition) is 9. The summed E-state index contributed by atoms with van der Waals surface area (Å²) in [5.41, 5.74) is 0.143. The summed E-state index contributed by atoms with van der Waals surface area (Å²) in [4.78, 5) is 36.9. The van der Waals surface area contributed by atoms with E-state index in [1.165, 1.54) is 57.1 Å². The molecule has 0 aromatic heterocycles. The number of hydrogen-bond donors (Lipinski definition) is 0. The molecule has 0 radical (unpaired) electrons. The van der Waals surface area contributed by atoms with Gasteiger partial charge < -0.3 is 9.47 Å². The number of carbonyl (C=O) groups excluding carboxylic acids is 3. The molecule has 13 heteroatoms.